The fourth-order valence-corrected chi connectivity index (χ4v) is 1.50. The summed E-state index contributed by atoms with van der Waals surface area (Å²) in [7, 11) is 0. The second-order valence-electron chi connectivity index (χ2n) is 3.70. The van der Waals surface area contributed by atoms with Crippen molar-refractivity contribution in [3.63, 3.8) is 0 Å². The molecule has 0 aromatic heterocycles. The van der Waals surface area contributed by atoms with Crippen molar-refractivity contribution < 1.29 is 0 Å². The average Bonchev–Trinajstić information content (AvgIpc) is 2.28. The van der Waals surface area contributed by atoms with E-state index >= 15 is 0 Å². The first-order valence-electron chi connectivity index (χ1n) is 5.65. The lowest BCUT2D eigenvalue weighted by atomic mass is 10.1. The summed E-state index contributed by atoms with van der Waals surface area (Å²) in [6.45, 7) is 4.28. The molecule has 0 aliphatic carbocycles. The Morgan fingerprint density at radius 1 is 1.20 bits per heavy atom. The van der Waals surface area contributed by atoms with Gasteiger partial charge in [-0.3, -0.25) is 0 Å². The highest BCUT2D eigenvalue weighted by molar-refractivity contribution is 7.80. The van der Waals surface area contributed by atoms with Gasteiger partial charge in [0, 0.05) is 5.69 Å². The first-order valence-corrected chi connectivity index (χ1v) is 6.06. The van der Waals surface area contributed by atoms with E-state index in [9.17, 15) is 0 Å². The van der Waals surface area contributed by atoms with Crippen LogP contribution in [0.4, 0.5) is 5.69 Å². The van der Waals surface area contributed by atoms with Crippen molar-refractivity contribution in [3.8, 4) is 0 Å². The molecule has 15 heavy (non-hydrogen) atoms. The molecule has 0 saturated heterocycles. The molecule has 0 spiro atoms. The zero-order valence-electron chi connectivity index (χ0n) is 9.55. The smallest absolute Gasteiger partial charge is 0.0794 e. The molecular formula is C13H19NS. The number of anilines is 1. The van der Waals surface area contributed by atoms with Crippen LogP contribution in [0.1, 0.15) is 38.7 Å². The summed E-state index contributed by atoms with van der Waals surface area (Å²) in [5, 5.41) is 3.21. The van der Waals surface area contributed by atoms with E-state index < -0.39 is 0 Å². The van der Waals surface area contributed by atoms with Crippen molar-refractivity contribution in [1.82, 2.24) is 0 Å². The number of thiocarbonyl (C=S) groups is 1. The van der Waals surface area contributed by atoms with E-state index in [1.807, 2.05) is 0 Å². The van der Waals surface area contributed by atoms with Crippen LogP contribution in [0.2, 0.25) is 0 Å². The molecule has 0 unspecified atom stereocenters. The summed E-state index contributed by atoms with van der Waals surface area (Å²) < 4.78 is 0. The third-order valence-electron chi connectivity index (χ3n) is 2.38. The van der Waals surface area contributed by atoms with Gasteiger partial charge in [-0.1, -0.05) is 44.6 Å². The van der Waals surface area contributed by atoms with Gasteiger partial charge >= 0.3 is 0 Å². The first kappa shape index (κ1) is 12.2. The maximum Gasteiger partial charge on any atom is 0.0794 e. The molecule has 0 heterocycles. The Bertz CT molecular complexity index is 303. The molecule has 2 heteroatoms. The Hall–Kier alpha value is -0.890. The lowest BCUT2D eigenvalue weighted by Crippen LogP contribution is -2.06. The van der Waals surface area contributed by atoms with Crippen LogP contribution in [0.3, 0.4) is 0 Å². The molecule has 1 rings (SSSR count). The lowest BCUT2D eigenvalue weighted by Gasteiger charge is -2.06. The van der Waals surface area contributed by atoms with Crippen molar-refractivity contribution in [2.45, 2.75) is 39.5 Å². The number of hydrogen-bond donors (Lipinski definition) is 1. The van der Waals surface area contributed by atoms with Crippen LogP contribution in [0.5, 0.6) is 0 Å². The molecule has 0 bridgehead atoms. The minimum atomic E-state index is 0.896. The maximum atomic E-state index is 5.13. The Morgan fingerprint density at radius 2 is 1.87 bits per heavy atom. The van der Waals surface area contributed by atoms with Crippen molar-refractivity contribution in [3.05, 3.63) is 29.8 Å². The van der Waals surface area contributed by atoms with E-state index in [-0.39, 0.29) is 0 Å². The first-order chi connectivity index (χ1) is 7.26. The molecule has 0 radical (unpaired) electrons. The number of rotatable bonds is 5. The van der Waals surface area contributed by atoms with Gasteiger partial charge in [0.25, 0.3) is 0 Å². The van der Waals surface area contributed by atoms with Crippen LogP contribution >= 0.6 is 12.2 Å². The van der Waals surface area contributed by atoms with Gasteiger partial charge in [-0.2, -0.15) is 0 Å². The summed E-state index contributed by atoms with van der Waals surface area (Å²) in [5.74, 6) is 0. The van der Waals surface area contributed by atoms with Gasteiger partial charge in [0.1, 0.15) is 0 Å². The summed E-state index contributed by atoms with van der Waals surface area (Å²) in [5.41, 5.74) is 2.51. The predicted octanol–water partition coefficient (Wildman–Crippen LogP) is 4.18. The molecule has 0 amide bonds. The lowest BCUT2D eigenvalue weighted by molar-refractivity contribution is 0.795. The Labute approximate surface area is 97.9 Å². The number of aryl methyl sites for hydroxylation is 1. The quantitative estimate of drug-likeness (QED) is 0.749. The van der Waals surface area contributed by atoms with Gasteiger partial charge in [0.2, 0.25) is 0 Å². The molecule has 1 aromatic carbocycles. The highest BCUT2D eigenvalue weighted by atomic mass is 32.1. The second kappa shape index (κ2) is 6.57. The van der Waals surface area contributed by atoms with E-state index in [0.29, 0.717) is 0 Å². The van der Waals surface area contributed by atoms with Crippen LogP contribution < -0.4 is 5.32 Å². The van der Waals surface area contributed by atoms with Crippen LogP contribution in [0, 0.1) is 0 Å². The third kappa shape index (κ3) is 4.43. The van der Waals surface area contributed by atoms with E-state index in [0.717, 1.165) is 17.1 Å². The van der Waals surface area contributed by atoms with Crippen molar-refractivity contribution in [1.29, 1.82) is 0 Å². The number of unbranched alkanes of at least 4 members (excludes halogenated alkanes) is 1. The molecule has 0 saturated carbocycles. The number of benzene rings is 1. The van der Waals surface area contributed by atoms with Crippen molar-refractivity contribution in [2.75, 3.05) is 5.32 Å². The molecule has 0 aliphatic heterocycles. The van der Waals surface area contributed by atoms with Crippen LogP contribution in [0.15, 0.2) is 24.3 Å². The van der Waals surface area contributed by atoms with Gasteiger partial charge < -0.3 is 5.32 Å². The maximum absolute atomic E-state index is 5.13. The minimum absolute atomic E-state index is 0.896. The minimum Gasteiger partial charge on any atom is -0.350 e. The van der Waals surface area contributed by atoms with Gasteiger partial charge in [-0.05, 0) is 37.0 Å². The molecule has 1 N–H and O–H groups in total. The van der Waals surface area contributed by atoms with E-state index in [1.165, 1.54) is 24.8 Å². The molecule has 82 valence electrons. The zero-order chi connectivity index (χ0) is 11.1. The number of hydrogen-bond acceptors (Lipinski definition) is 1. The summed E-state index contributed by atoms with van der Waals surface area (Å²) >= 11 is 5.13. The SMILES string of the molecule is CCCCc1ccc(NC(=S)CC)cc1. The molecule has 0 aliphatic rings. The molecular weight excluding hydrogens is 202 g/mol. The largest absolute Gasteiger partial charge is 0.350 e. The number of nitrogens with one attached hydrogen (secondary N) is 1. The van der Waals surface area contributed by atoms with Crippen LogP contribution in [0.25, 0.3) is 0 Å². The average molecular weight is 221 g/mol. The van der Waals surface area contributed by atoms with Crippen molar-refractivity contribution in [2.24, 2.45) is 0 Å². The van der Waals surface area contributed by atoms with E-state index in [4.69, 9.17) is 12.2 Å². The molecule has 1 nitrogen and oxygen atoms in total. The topological polar surface area (TPSA) is 12.0 Å². The van der Waals surface area contributed by atoms with Gasteiger partial charge in [-0.25, -0.2) is 0 Å². The third-order valence-corrected chi connectivity index (χ3v) is 2.77. The van der Waals surface area contributed by atoms with E-state index in [1.54, 1.807) is 0 Å². The standard InChI is InChI=1S/C13H19NS/c1-3-5-6-11-7-9-12(10-8-11)14-13(15)4-2/h7-10H,3-6H2,1-2H3,(H,14,15). The highest BCUT2D eigenvalue weighted by Crippen LogP contribution is 2.12. The molecule has 0 atom stereocenters. The van der Waals surface area contributed by atoms with Gasteiger partial charge in [-0.15, -0.1) is 0 Å². The van der Waals surface area contributed by atoms with Crippen molar-refractivity contribution >= 4 is 22.9 Å². The Kier molecular flexibility index (Phi) is 5.33. The van der Waals surface area contributed by atoms with E-state index in [2.05, 4.69) is 43.4 Å². The fourth-order valence-electron chi connectivity index (χ4n) is 1.39. The highest BCUT2D eigenvalue weighted by Gasteiger charge is 1.96. The van der Waals surface area contributed by atoms with Gasteiger partial charge in [0.05, 0.1) is 4.99 Å². The monoisotopic (exact) mass is 221 g/mol. The Morgan fingerprint density at radius 3 is 2.40 bits per heavy atom. The summed E-state index contributed by atoms with van der Waals surface area (Å²) in [6, 6.07) is 8.56. The normalized spacial score (nSPS) is 10.0. The summed E-state index contributed by atoms with van der Waals surface area (Å²) in [6.07, 6.45) is 4.59. The fraction of sp³-hybridized carbons (Fsp3) is 0.462. The van der Waals surface area contributed by atoms with Crippen LogP contribution in [-0.4, -0.2) is 4.99 Å². The summed E-state index contributed by atoms with van der Waals surface area (Å²) in [4.78, 5) is 0.899. The van der Waals surface area contributed by atoms with Gasteiger partial charge in [0.15, 0.2) is 0 Å². The van der Waals surface area contributed by atoms with Crippen LogP contribution in [-0.2, 0) is 6.42 Å². The Balaban J connectivity index is 2.52. The molecule has 1 aromatic rings. The zero-order valence-corrected chi connectivity index (χ0v) is 10.4. The second-order valence-corrected chi connectivity index (χ2v) is 4.20. The molecule has 0 fully saturated rings. The predicted molar refractivity (Wildman–Crippen MR) is 71.6 cm³/mol.